The van der Waals surface area contributed by atoms with Crippen molar-refractivity contribution in [1.29, 1.82) is 0 Å². The Morgan fingerprint density at radius 1 is 0.880 bits per heavy atom. The van der Waals surface area contributed by atoms with Crippen LogP contribution in [-0.2, 0) is 6.42 Å². The molecule has 0 nitrogen and oxygen atoms in total. The lowest BCUT2D eigenvalue weighted by Crippen LogP contribution is -2.37. The average molecular weight is 349 g/mol. The van der Waals surface area contributed by atoms with E-state index in [1.807, 2.05) is 24.3 Å². The van der Waals surface area contributed by atoms with Crippen LogP contribution in [0.1, 0.15) is 88.7 Å². The fourth-order valence-corrected chi connectivity index (χ4v) is 5.34. The van der Waals surface area contributed by atoms with Crippen LogP contribution in [0.3, 0.4) is 0 Å². The van der Waals surface area contributed by atoms with Gasteiger partial charge in [-0.05, 0) is 61.0 Å². The van der Waals surface area contributed by atoms with Crippen LogP contribution < -0.4 is 0 Å². The molecule has 25 heavy (non-hydrogen) atoms. The zero-order valence-electron chi connectivity index (χ0n) is 15.9. The average Bonchev–Trinajstić information content (AvgIpc) is 2.62. The van der Waals surface area contributed by atoms with Gasteiger partial charge in [-0.1, -0.05) is 63.8 Å². The first kappa shape index (κ1) is 18.9. The summed E-state index contributed by atoms with van der Waals surface area (Å²) in [5, 5.41) is 0. The molecule has 2 saturated carbocycles. The van der Waals surface area contributed by atoms with E-state index in [2.05, 4.69) is 13.8 Å². The van der Waals surface area contributed by atoms with Crippen LogP contribution in [0.15, 0.2) is 24.3 Å². The lowest BCUT2D eigenvalue weighted by molar-refractivity contribution is -0.0845. The summed E-state index contributed by atoms with van der Waals surface area (Å²) in [7, 11) is 0. The Hall–Kier alpha value is -0.920. The van der Waals surface area contributed by atoms with E-state index in [4.69, 9.17) is 0 Å². The Kier molecular flexibility index (Phi) is 6.17. The second kappa shape index (κ2) is 8.18. The largest absolute Gasteiger partial charge is 0.255 e. The summed E-state index contributed by atoms with van der Waals surface area (Å²) in [6.07, 6.45) is 10.2. The third-order valence-corrected chi connectivity index (χ3v) is 6.92. The molecule has 0 amide bonds. The molecule has 1 aromatic carbocycles. The SMILES string of the molecule is CCCC1CCC([C@H]2CC[C@H](c3ccc(CC)cc3)C(F)(F)C2)CC1. The highest BCUT2D eigenvalue weighted by Crippen LogP contribution is 2.51. The molecule has 2 heteroatoms. The first-order chi connectivity index (χ1) is 12.0. The minimum absolute atomic E-state index is 0.107. The zero-order valence-corrected chi connectivity index (χ0v) is 15.9. The predicted molar refractivity (Wildman–Crippen MR) is 101 cm³/mol. The molecule has 2 fully saturated rings. The van der Waals surface area contributed by atoms with Crippen molar-refractivity contribution >= 4 is 0 Å². The van der Waals surface area contributed by atoms with Crippen molar-refractivity contribution < 1.29 is 8.78 Å². The lowest BCUT2D eigenvalue weighted by atomic mass is 9.66. The van der Waals surface area contributed by atoms with Gasteiger partial charge in [0.15, 0.2) is 0 Å². The normalized spacial score (nSPS) is 32.5. The van der Waals surface area contributed by atoms with Gasteiger partial charge in [-0.25, -0.2) is 8.78 Å². The van der Waals surface area contributed by atoms with Crippen molar-refractivity contribution in [2.75, 3.05) is 0 Å². The second-order valence-corrected chi connectivity index (χ2v) is 8.52. The van der Waals surface area contributed by atoms with Crippen LogP contribution in [0.5, 0.6) is 0 Å². The summed E-state index contributed by atoms with van der Waals surface area (Å²) in [4.78, 5) is 0. The van der Waals surface area contributed by atoms with Crippen LogP contribution in [0, 0.1) is 17.8 Å². The number of alkyl halides is 2. The number of rotatable bonds is 5. The van der Waals surface area contributed by atoms with Crippen LogP contribution in [0.2, 0.25) is 0 Å². The van der Waals surface area contributed by atoms with E-state index in [0.717, 1.165) is 24.3 Å². The second-order valence-electron chi connectivity index (χ2n) is 8.52. The molecular formula is C23H34F2. The molecule has 2 atom stereocenters. The van der Waals surface area contributed by atoms with E-state index in [1.54, 1.807) is 0 Å². The van der Waals surface area contributed by atoms with Crippen molar-refractivity contribution in [2.24, 2.45) is 17.8 Å². The van der Waals surface area contributed by atoms with E-state index in [1.165, 1.54) is 44.1 Å². The van der Waals surface area contributed by atoms with Crippen LogP contribution in [0.4, 0.5) is 8.78 Å². The van der Waals surface area contributed by atoms with Gasteiger partial charge in [-0.3, -0.25) is 0 Å². The van der Waals surface area contributed by atoms with E-state index < -0.39 is 11.8 Å². The van der Waals surface area contributed by atoms with E-state index in [-0.39, 0.29) is 12.3 Å². The van der Waals surface area contributed by atoms with Crippen LogP contribution in [0.25, 0.3) is 0 Å². The molecule has 0 saturated heterocycles. The maximum Gasteiger partial charge on any atom is 0.255 e. The van der Waals surface area contributed by atoms with Crippen molar-refractivity contribution in [2.45, 2.75) is 89.9 Å². The maximum atomic E-state index is 14.9. The lowest BCUT2D eigenvalue weighted by Gasteiger charge is -2.41. The number of hydrogen-bond donors (Lipinski definition) is 0. The summed E-state index contributed by atoms with van der Waals surface area (Å²) < 4.78 is 29.9. The highest BCUT2D eigenvalue weighted by Gasteiger charge is 2.47. The molecule has 140 valence electrons. The van der Waals surface area contributed by atoms with E-state index in [9.17, 15) is 8.78 Å². The number of hydrogen-bond acceptors (Lipinski definition) is 0. The number of benzene rings is 1. The summed E-state index contributed by atoms with van der Waals surface area (Å²) in [5.74, 6) is -1.48. The fraction of sp³-hybridized carbons (Fsp3) is 0.739. The molecule has 0 N–H and O–H groups in total. The first-order valence-electron chi connectivity index (χ1n) is 10.5. The molecule has 0 aromatic heterocycles. The minimum Gasteiger partial charge on any atom is -0.206 e. The number of halogens is 2. The van der Waals surface area contributed by atoms with E-state index in [0.29, 0.717) is 12.3 Å². The summed E-state index contributed by atoms with van der Waals surface area (Å²) in [5.41, 5.74) is 2.07. The monoisotopic (exact) mass is 348 g/mol. The molecule has 0 heterocycles. The Bertz CT molecular complexity index is 526. The maximum absolute atomic E-state index is 14.9. The standard InChI is InChI=1S/C23H34F2/c1-3-5-18-8-10-19(11-9-18)21-14-15-22(23(24,25)16-21)20-12-6-17(4-2)7-13-20/h6-7,12-13,18-19,21-22H,3-5,8-11,14-16H2,1-2H3/t18?,19?,21-,22+/m0/s1. The predicted octanol–water partition coefficient (Wildman–Crippen LogP) is 7.37. The molecule has 0 unspecified atom stereocenters. The summed E-state index contributed by atoms with van der Waals surface area (Å²) >= 11 is 0. The Morgan fingerprint density at radius 2 is 1.52 bits per heavy atom. The highest BCUT2D eigenvalue weighted by atomic mass is 19.3. The fourth-order valence-electron chi connectivity index (χ4n) is 5.34. The van der Waals surface area contributed by atoms with Crippen molar-refractivity contribution in [3.63, 3.8) is 0 Å². The minimum atomic E-state index is -2.54. The van der Waals surface area contributed by atoms with Gasteiger partial charge in [-0.2, -0.15) is 0 Å². The highest BCUT2D eigenvalue weighted by molar-refractivity contribution is 5.27. The third kappa shape index (κ3) is 4.44. The molecule has 2 aliphatic carbocycles. The van der Waals surface area contributed by atoms with Gasteiger partial charge < -0.3 is 0 Å². The third-order valence-electron chi connectivity index (χ3n) is 6.92. The van der Waals surface area contributed by atoms with Gasteiger partial charge in [0.2, 0.25) is 0 Å². The molecule has 0 bridgehead atoms. The van der Waals surface area contributed by atoms with Crippen molar-refractivity contribution in [1.82, 2.24) is 0 Å². The molecular weight excluding hydrogens is 314 g/mol. The van der Waals surface area contributed by atoms with Gasteiger partial charge in [-0.15, -0.1) is 0 Å². The Balaban J connectivity index is 1.60. The van der Waals surface area contributed by atoms with Gasteiger partial charge in [0.1, 0.15) is 0 Å². The number of aryl methyl sites for hydroxylation is 1. The van der Waals surface area contributed by atoms with Crippen molar-refractivity contribution in [3.8, 4) is 0 Å². The van der Waals surface area contributed by atoms with Gasteiger partial charge in [0.25, 0.3) is 5.92 Å². The summed E-state index contributed by atoms with van der Waals surface area (Å²) in [6, 6.07) is 7.92. The molecule has 1 aromatic rings. The van der Waals surface area contributed by atoms with E-state index >= 15 is 0 Å². The van der Waals surface area contributed by atoms with Gasteiger partial charge in [0.05, 0.1) is 0 Å². The molecule has 0 aliphatic heterocycles. The van der Waals surface area contributed by atoms with Gasteiger partial charge >= 0.3 is 0 Å². The smallest absolute Gasteiger partial charge is 0.206 e. The Morgan fingerprint density at radius 3 is 2.08 bits per heavy atom. The molecule has 3 rings (SSSR count). The van der Waals surface area contributed by atoms with Crippen LogP contribution >= 0.6 is 0 Å². The molecule has 2 aliphatic rings. The van der Waals surface area contributed by atoms with Gasteiger partial charge in [0, 0.05) is 12.3 Å². The van der Waals surface area contributed by atoms with Crippen molar-refractivity contribution in [3.05, 3.63) is 35.4 Å². The quantitative estimate of drug-likeness (QED) is 0.521. The molecule has 0 radical (unpaired) electrons. The zero-order chi connectivity index (χ0) is 17.9. The first-order valence-corrected chi connectivity index (χ1v) is 10.5. The topological polar surface area (TPSA) is 0 Å². The Labute approximate surface area is 152 Å². The summed E-state index contributed by atoms with van der Waals surface area (Å²) in [6.45, 7) is 4.35. The van der Waals surface area contributed by atoms with Crippen LogP contribution in [-0.4, -0.2) is 5.92 Å². The molecule has 0 spiro atoms.